The summed E-state index contributed by atoms with van der Waals surface area (Å²) in [6.07, 6.45) is 0. The molecule has 4 rings (SSSR count). The summed E-state index contributed by atoms with van der Waals surface area (Å²) >= 11 is 6.98. The highest BCUT2D eigenvalue weighted by atomic mass is 35.5. The van der Waals surface area contributed by atoms with Crippen LogP contribution >= 0.6 is 22.9 Å². The second kappa shape index (κ2) is 9.28. The number of thiazole rings is 1. The van der Waals surface area contributed by atoms with Crippen molar-refractivity contribution in [1.29, 1.82) is 0 Å². The van der Waals surface area contributed by atoms with Gasteiger partial charge in [0.1, 0.15) is 16.4 Å². The van der Waals surface area contributed by atoms with Crippen LogP contribution in [0.3, 0.4) is 0 Å². The van der Waals surface area contributed by atoms with E-state index in [4.69, 9.17) is 21.1 Å². The maximum atomic E-state index is 13.2. The van der Waals surface area contributed by atoms with Crippen LogP contribution in [0.4, 0.5) is 5.13 Å². The van der Waals surface area contributed by atoms with E-state index in [0.29, 0.717) is 27.6 Å². The Kier molecular flexibility index (Phi) is 6.41. The van der Waals surface area contributed by atoms with Crippen LogP contribution in [0, 0.1) is 6.92 Å². The molecule has 1 aromatic heterocycles. The number of nitrogens with zero attached hydrogens (tertiary/aromatic N) is 2. The molecule has 2 heterocycles. The first kappa shape index (κ1) is 23.5. The number of carbonyl (C=O) groups is 3. The van der Waals surface area contributed by atoms with Crippen LogP contribution in [0.15, 0.2) is 54.1 Å². The molecule has 1 N–H and O–H groups in total. The average Bonchev–Trinajstić information content (AvgIpc) is 3.35. The summed E-state index contributed by atoms with van der Waals surface area (Å²) in [5, 5.41) is 11.7. The molecule has 0 unspecified atom stereocenters. The van der Waals surface area contributed by atoms with Crippen LogP contribution < -0.4 is 9.64 Å². The Morgan fingerprint density at radius 1 is 1.09 bits per heavy atom. The summed E-state index contributed by atoms with van der Waals surface area (Å²) in [7, 11) is 2.76. The van der Waals surface area contributed by atoms with E-state index in [1.807, 2.05) is 0 Å². The molecule has 0 spiro atoms. The number of carbonyl (C=O) groups excluding carboxylic acids is 3. The van der Waals surface area contributed by atoms with Gasteiger partial charge in [0, 0.05) is 10.6 Å². The topological polar surface area (TPSA) is 106 Å². The lowest BCUT2D eigenvalue weighted by Crippen LogP contribution is -2.29. The van der Waals surface area contributed by atoms with Crippen LogP contribution in [0.2, 0.25) is 5.02 Å². The summed E-state index contributed by atoms with van der Waals surface area (Å²) in [4.78, 5) is 44.2. The van der Waals surface area contributed by atoms with Crippen LogP contribution in [0.5, 0.6) is 5.75 Å². The predicted octanol–water partition coefficient (Wildman–Crippen LogP) is 4.53. The predicted molar refractivity (Wildman–Crippen MR) is 127 cm³/mol. The van der Waals surface area contributed by atoms with E-state index < -0.39 is 23.7 Å². The number of aromatic nitrogens is 1. The number of anilines is 1. The minimum Gasteiger partial charge on any atom is -0.507 e. The second-order valence-corrected chi connectivity index (χ2v) is 8.77. The van der Waals surface area contributed by atoms with Gasteiger partial charge in [0.2, 0.25) is 0 Å². The number of ketones is 1. The summed E-state index contributed by atoms with van der Waals surface area (Å²) < 4.78 is 9.94. The van der Waals surface area contributed by atoms with E-state index in [0.717, 1.165) is 11.3 Å². The highest BCUT2D eigenvalue weighted by Gasteiger charge is 2.48. The Balaban J connectivity index is 1.91. The van der Waals surface area contributed by atoms with Gasteiger partial charge in [0.25, 0.3) is 5.78 Å². The fourth-order valence-corrected chi connectivity index (χ4v) is 4.80. The van der Waals surface area contributed by atoms with Crippen molar-refractivity contribution in [3.8, 4) is 5.75 Å². The maximum Gasteiger partial charge on any atom is 0.350 e. The molecule has 1 saturated heterocycles. The fraction of sp³-hybridized carbons (Fsp3) is 0.167. The molecule has 0 radical (unpaired) electrons. The Hall–Kier alpha value is -3.69. The van der Waals surface area contributed by atoms with E-state index >= 15 is 0 Å². The first-order valence-electron chi connectivity index (χ1n) is 10.0. The number of hydrogen-bond acceptors (Lipinski definition) is 8. The third kappa shape index (κ3) is 4.04. The summed E-state index contributed by atoms with van der Waals surface area (Å²) in [6, 6.07) is 12.0. The van der Waals surface area contributed by atoms with Crippen molar-refractivity contribution in [2.24, 2.45) is 0 Å². The monoisotopic (exact) mass is 498 g/mol. The SMILES string of the molecule is COC(=O)c1sc(N2C(=O)C(=O)/C(=C(/O)c3ccc(OC)cc3)[C@H]2c2ccc(Cl)cc2)nc1C. The van der Waals surface area contributed by atoms with Crippen molar-refractivity contribution >= 4 is 51.5 Å². The van der Waals surface area contributed by atoms with Gasteiger partial charge < -0.3 is 14.6 Å². The number of amides is 1. The number of benzene rings is 2. The van der Waals surface area contributed by atoms with E-state index in [9.17, 15) is 19.5 Å². The van der Waals surface area contributed by atoms with Crippen LogP contribution in [-0.2, 0) is 14.3 Å². The maximum absolute atomic E-state index is 13.2. The molecule has 34 heavy (non-hydrogen) atoms. The number of aliphatic hydroxyl groups excluding tert-OH is 1. The number of rotatable bonds is 5. The van der Waals surface area contributed by atoms with E-state index in [-0.39, 0.29) is 21.3 Å². The van der Waals surface area contributed by atoms with Gasteiger partial charge >= 0.3 is 11.9 Å². The molecule has 3 aromatic rings. The van der Waals surface area contributed by atoms with Crippen LogP contribution in [0.25, 0.3) is 5.76 Å². The van der Waals surface area contributed by atoms with Gasteiger partial charge in [-0.05, 0) is 48.9 Å². The molecule has 0 saturated carbocycles. The highest BCUT2D eigenvalue weighted by molar-refractivity contribution is 7.17. The Bertz CT molecular complexity index is 1310. The Labute approximate surface area is 204 Å². The summed E-state index contributed by atoms with van der Waals surface area (Å²) in [5.41, 5.74) is 1.12. The fourth-order valence-electron chi connectivity index (χ4n) is 3.66. The van der Waals surface area contributed by atoms with Gasteiger partial charge in [-0.25, -0.2) is 9.78 Å². The molecule has 1 atom stereocenters. The first-order valence-corrected chi connectivity index (χ1v) is 11.2. The molecule has 1 aliphatic rings. The van der Waals surface area contributed by atoms with Gasteiger partial charge in [-0.3, -0.25) is 14.5 Å². The standard InChI is InChI=1S/C24H19ClN2O6S/c1-12-21(23(31)33-3)34-24(26-12)27-18(13-4-8-15(25)9-5-13)17(20(29)22(27)30)19(28)14-6-10-16(32-2)11-7-14/h4-11,18,28H,1-3H3/b19-17+/t18-/m1/s1. The number of methoxy groups -OCH3 is 2. The highest BCUT2D eigenvalue weighted by Crippen LogP contribution is 2.44. The molecule has 0 bridgehead atoms. The second-order valence-electron chi connectivity index (χ2n) is 7.35. The van der Waals surface area contributed by atoms with Gasteiger partial charge in [-0.15, -0.1) is 0 Å². The average molecular weight is 499 g/mol. The van der Waals surface area contributed by atoms with Gasteiger partial charge in [0.15, 0.2) is 5.13 Å². The first-order chi connectivity index (χ1) is 16.3. The zero-order chi connectivity index (χ0) is 24.6. The smallest absolute Gasteiger partial charge is 0.350 e. The molecule has 8 nitrogen and oxygen atoms in total. The molecular formula is C24H19ClN2O6S. The lowest BCUT2D eigenvalue weighted by atomic mass is 9.95. The van der Waals surface area contributed by atoms with Gasteiger partial charge in [-0.1, -0.05) is 35.1 Å². The summed E-state index contributed by atoms with van der Waals surface area (Å²) in [5.74, 6) is -2.12. The molecule has 1 amide bonds. The number of aliphatic hydroxyl groups is 1. The lowest BCUT2D eigenvalue weighted by molar-refractivity contribution is -0.132. The number of ether oxygens (including phenoxy) is 2. The normalized spacial score (nSPS) is 17.2. The van der Waals surface area contributed by atoms with Crippen molar-refractivity contribution in [3.05, 3.63) is 80.8 Å². The van der Waals surface area contributed by atoms with Crippen molar-refractivity contribution in [1.82, 2.24) is 4.98 Å². The molecule has 10 heteroatoms. The quantitative estimate of drug-likeness (QED) is 0.238. The van der Waals surface area contributed by atoms with Gasteiger partial charge in [0.05, 0.1) is 31.5 Å². The third-order valence-electron chi connectivity index (χ3n) is 5.36. The van der Waals surface area contributed by atoms with Crippen LogP contribution in [-0.4, -0.2) is 42.0 Å². The van der Waals surface area contributed by atoms with Crippen molar-refractivity contribution in [3.63, 3.8) is 0 Å². The van der Waals surface area contributed by atoms with E-state index in [1.165, 1.54) is 19.1 Å². The van der Waals surface area contributed by atoms with Crippen molar-refractivity contribution in [2.45, 2.75) is 13.0 Å². The number of hydrogen-bond donors (Lipinski definition) is 1. The third-order valence-corrected chi connectivity index (χ3v) is 6.74. The Morgan fingerprint density at radius 3 is 2.32 bits per heavy atom. The molecule has 1 aliphatic heterocycles. The molecule has 174 valence electrons. The summed E-state index contributed by atoms with van der Waals surface area (Å²) in [6.45, 7) is 1.61. The molecular weight excluding hydrogens is 480 g/mol. The van der Waals surface area contributed by atoms with E-state index in [1.54, 1.807) is 55.5 Å². The zero-order valence-electron chi connectivity index (χ0n) is 18.4. The minimum atomic E-state index is -0.990. The van der Waals surface area contributed by atoms with Crippen LogP contribution in [0.1, 0.15) is 32.5 Å². The largest absolute Gasteiger partial charge is 0.507 e. The Morgan fingerprint density at radius 2 is 1.74 bits per heavy atom. The zero-order valence-corrected chi connectivity index (χ0v) is 19.9. The molecule has 1 fully saturated rings. The number of Topliss-reactive ketones (excluding diaryl/α,β-unsaturated/α-hetero) is 1. The van der Waals surface area contributed by atoms with Crippen molar-refractivity contribution < 1.29 is 29.0 Å². The van der Waals surface area contributed by atoms with E-state index in [2.05, 4.69) is 4.98 Å². The molecule has 2 aromatic carbocycles. The number of aryl methyl sites for hydroxylation is 1. The molecule has 0 aliphatic carbocycles. The number of esters is 1. The number of halogens is 1. The lowest BCUT2D eigenvalue weighted by Gasteiger charge is -2.23. The van der Waals surface area contributed by atoms with Gasteiger partial charge in [-0.2, -0.15) is 0 Å². The van der Waals surface area contributed by atoms with Crippen molar-refractivity contribution in [2.75, 3.05) is 19.1 Å². The minimum absolute atomic E-state index is 0.107.